The number of benzene rings is 1. The maximum atomic E-state index is 14.1. The first kappa shape index (κ1) is 20.6. The monoisotopic (exact) mass is 423 g/mol. The largest absolute Gasteiger partial charge is 0.523 e. The molecule has 0 bridgehead atoms. The Morgan fingerprint density at radius 3 is 2.50 bits per heavy atom. The van der Waals surface area contributed by atoms with Gasteiger partial charge < -0.3 is 5.11 Å². The Morgan fingerprint density at radius 1 is 1.38 bits per heavy atom. The van der Waals surface area contributed by atoms with Gasteiger partial charge in [0.15, 0.2) is 6.10 Å². The fourth-order valence-corrected chi connectivity index (χ4v) is 3.40. The molecular weight excluding hydrogens is 413 g/mol. The van der Waals surface area contributed by atoms with Gasteiger partial charge in [-0.05, 0) is 24.1 Å². The van der Waals surface area contributed by atoms with Crippen LogP contribution in [-0.2, 0) is 20.7 Å². The van der Waals surface area contributed by atoms with E-state index in [1.165, 1.54) is 24.3 Å². The van der Waals surface area contributed by atoms with Gasteiger partial charge in [-0.3, -0.25) is 9.08 Å². The summed E-state index contributed by atoms with van der Waals surface area (Å²) in [6.45, 7) is -1.51. The summed E-state index contributed by atoms with van der Waals surface area (Å²) in [5, 5.41) is 9.24. The lowest BCUT2D eigenvalue weighted by Crippen LogP contribution is -2.45. The molecule has 1 heterocycles. The number of halogens is 6. The van der Waals surface area contributed by atoms with E-state index in [1.54, 1.807) is 0 Å². The quantitative estimate of drug-likeness (QED) is 0.457. The van der Waals surface area contributed by atoms with Crippen molar-refractivity contribution >= 4 is 27.8 Å². The van der Waals surface area contributed by atoms with Crippen molar-refractivity contribution < 1.29 is 44.5 Å². The molecule has 0 spiro atoms. The van der Waals surface area contributed by atoms with E-state index in [-0.39, 0.29) is 15.5 Å². The van der Waals surface area contributed by atoms with Crippen LogP contribution in [0.5, 0.6) is 0 Å². The van der Waals surface area contributed by atoms with Gasteiger partial charge in [-0.25, -0.2) is 13.6 Å². The van der Waals surface area contributed by atoms with Gasteiger partial charge in [-0.2, -0.15) is 21.6 Å². The van der Waals surface area contributed by atoms with Gasteiger partial charge in [0, 0.05) is 5.02 Å². The van der Waals surface area contributed by atoms with Crippen molar-refractivity contribution in [2.45, 2.75) is 30.0 Å². The minimum absolute atomic E-state index is 0.150. The number of carbonyl (C=O) groups is 1. The second-order valence-electron chi connectivity index (χ2n) is 5.49. The normalized spacial score (nSPS) is 23.2. The lowest BCUT2D eigenvalue weighted by atomic mass is 10.0. The van der Waals surface area contributed by atoms with E-state index in [0.717, 1.165) is 0 Å². The van der Waals surface area contributed by atoms with Crippen LogP contribution in [0.4, 0.5) is 26.7 Å². The fourth-order valence-electron chi connectivity index (χ4n) is 2.54. The molecule has 0 radical (unpaired) electrons. The third-order valence-electron chi connectivity index (χ3n) is 3.64. The van der Waals surface area contributed by atoms with Crippen LogP contribution in [0.1, 0.15) is 5.56 Å². The molecule has 1 amide bonds. The predicted octanol–water partition coefficient (Wildman–Crippen LogP) is 3.11. The number of hydrogen-bond donors (Lipinski definition) is 1. The van der Waals surface area contributed by atoms with Crippen LogP contribution in [-0.4, -0.2) is 54.6 Å². The molecule has 0 aliphatic carbocycles. The molecule has 1 aromatic carbocycles. The van der Waals surface area contributed by atoms with Gasteiger partial charge in [0.25, 0.3) is 5.92 Å². The minimum Gasteiger partial charge on any atom is -0.465 e. The summed E-state index contributed by atoms with van der Waals surface area (Å²) < 4.78 is 91.7. The van der Waals surface area contributed by atoms with Crippen molar-refractivity contribution in [1.29, 1.82) is 0 Å². The standard InChI is InChI=1S/C13H11ClF5NO5S/c14-8-3-1-2-7(4-8)5-9-10(25-26(23,24)13(17,18)19)12(15,16)6-20(9)11(21)22/h1-4,9-10H,5-6H2,(H,21,22)/t9-,10-/m0/s1. The average molecular weight is 424 g/mol. The molecule has 0 unspecified atom stereocenters. The predicted molar refractivity (Wildman–Crippen MR) is 78.5 cm³/mol. The molecule has 0 aromatic heterocycles. The summed E-state index contributed by atoms with van der Waals surface area (Å²) in [5.74, 6) is -4.15. The molecule has 2 atom stereocenters. The highest BCUT2D eigenvalue weighted by molar-refractivity contribution is 7.87. The summed E-state index contributed by atoms with van der Waals surface area (Å²) in [6, 6.07) is 3.63. The van der Waals surface area contributed by atoms with Crippen LogP contribution in [0.3, 0.4) is 0 Å². The molecule has 26 heavy (non-hydrogen) atoms. The molecule has 1 aromatic rings. The Labute approximate surface area is 149 Å². The second kappa shape index (κ2) is 6.82. The zero-order valence-electron chi connectivity index (χ0n) is 12.6. The number of likely N-dealkylation sites (tertiary alicyclic amines) is 1. The first-order valence-corrected chi connectivity index (χ1v) is 8.64. The van der Waals surface area contributed by atoms with E-state index >= 15 is 0 Å². The number of rotatable bonds is 4. The van der Waals surface area contributed by atoms with Crippen molar-refractivity contribution in [1.82, 2.24) is 4.90 Å². The SMILES string of the molecule is O=C(O)N1CC(F)(F)[C@@H](OS(=O)(=O)C(F)(F)F)[C@@H]1Cc1cccc(Cl)c1. The average Bonchev–Trinajstić information content (AvgIpc) is 2.70. The Morgan fingerprint density at radius 2 is 2.00 bits per heavy atom. The van der Waals surface area contributed by atoms with Crippen molar-refractivity contribution in [2.75, 3.05) is 6.54 Å². The smallest absolute Gasteiger partial charge is 0.465 e. The second-order valence-corrected chi connectivity index (χ2v) is 7.49. The lowest BCUT2D eigenvalue weighted by Gasteiger charge is -2.26. The van der Waals surface area contributed by atoms with Crippen molar-refractivity contribution in [3.8, 4) is 0 Å². The Hall–Kier alpha value is -1.66. The lowest BCUT2D eigenvalue weighted by molar-refractivity contribution is -0.0901. The van der Waals surface area contributed by atoms with E-state index < -0.39 is 52.8 Å². The Balaban J connectivity index is 2.42. The number of hydrogen-bond acceptors (Lipinski definition) is 4. The molecule has 1 saturated heterocycles. The zero-order chi connectivity index (χ0) is 19.9. The molecule has 1 aliphatic rings. The highest BCUT2D eigenvalue weighted by atomic mass is 35.5. The topological polar surface area (TPSA) is 83.9 Å². The number of carboxylic acid groups (broad SMARTS) is 1. The van der Waals surface area contributed by atoms with Crippen molar-refractivity contribution in [3.63, 3.8) is 0 Å². The summed E-state index contributed by atoms with van der Waals surface area (Å²) in [6.07, 6.45) is -5.23. The van der Waals surface area contributed by atoms with Crippen LogP contribution in [0, 0.1) is 0 Å². The van der Waals surface area contributed by atoms with Crippen molar-refractivity contribution in [2.24, 2.45) is 0 Å². The summed E-state index contributed by atoms with van der Waals surface area (Å²) >= 11 is 5.73. The Bertz CT molecular complexity index is 800. The first-order chi connectivity index (χ1) is 11.7. The number of nitrogens with zero attached hydrogens (tertiary/aromatic N) is 1. The molecule has 6 nitrogen and oxygen atoms in total. The molecular formula is C13H11ClF5NO5S. The maximum Gasteiger partial charge on any atom is 0.523 e. The minimum atomic E-state index is -6.36. The number of alkyl halides is 5. The van der Waals surface area contributed by atoms with Crippen LogP contribution >= 0.6 is 11.6 Å². The van der Waals surface area contributed by atoms with Gasteiger partial charge in [0.1, 0.15) is 0 Å². The van der Waals surface area contributed by atoms with Crippen LogP contribution in [0.15, 0.2) is 24.3 Å². The molecule has 1 fully saturated rings. The van der Waals surface area contributed by atoms with Crippen LogP contribution in [0.2, 0.25) is 5.02 Å². The Kier molecular flexibility index (Phi) is 5.41. The van der Waals surface area contributed by atoms with Gasteiger partial charge in [-0.15, -0.1) is 0 Å². The number of amides is 1. The van der Waals surface area contributed by atoms with E-state index in [4.69, 9.17) is 16.7 Å². The van der Waals surface area contributed by atoms with E-state index in [0.29, 0.717) is 0 Å². The van der Waals surface area contributed by atoms with E-state index in [1.807, 2.05) is 0 Å². The third kappa shape index (κ3) is 4.18. The zero-order valence-corrected chi connectivity index (χ0v) is 14.2. The van der Waals surface area contributed by atoms with Gasteiger partial charge in [-0.1, -0.05) is 23.7 Å². The maximum absolute atomic E-state index is 14.1. The third-order valence-corrected chi connectivity index (χ3v) is 4.90. The van der Waals surface area contributed by atoms with Crippen LogP contribution in [0.25, 0.3) is 0 Å². The molecule has 1 aliphatic heterocycles. The first-order valence-electron chi connectivity index (χ1n) is 6.86. The molecule has 1 N–H and O–H groups in total. The summed E-state index contributed by atoms with van der Waals surface area (Å²) in [5.41, 5.74) is -5.72. The molecule has 146 valence electrons. The molecule has 2 rings (SSSR count). The summed E-state index contributed by atoms with van der Waals surface area (Å²) in [4.78, 5) is 11.4. The highest BCUT2D eigenvalue weighted by Gasteiger charge is 2.61. The highest BCUT2D eigenvalue weighted by Crippen LogP contribution is 2.39. The van der Waals surface area contributed by atoms with E-state index in [9.17, 15) is 35.2 Å². The van der Waals surface area contributed by atoms with Crippen LogP contribution < -0.4 is 0 Å². The van der Waals surface area contributed by atoms with E-state index in [2.05, 4.69) is 4.18 Å². The van der Waals surface area contributed by atoms with Gasteiger partial charge >= 0.3 is 21.7 Å². The van der Waals surface area contributed by atoms with Gasteiger partial charge in [0.05, 0.1) is 12.6 Å². The fraction of sp³-hybridized carbons (Fsp3) is 0.462. The van der Waals surface area contributed by atoms with Crippen molar-refractivity contribution in [3.05, 3.63) is 34.9 Å². The molecule has 13 heteroatoms. The van der Waals surface area contributed by atoms with Gasteiger partial charge in [0.2, 0.25) is 0 Å². The molecule has 0 saturated carbocycles. The summed E-state index contributed by atoms with van der Waals surface area (Å²) in [7, 11) is -6.36.